The Balaban J connectivity index is 1.90. The minimum Gasteiger partial charge on any atom is -0.497 e. The van der Waals surface area contributed by atoms with Crippen LogP contribution in [0.4, 0.5) is 5.69 Å². The third-order valence-electron chi connectivity index (χ3n) is 4.85. The molecule has 0 saturated carbocycles. The van der Waals surface area contributed by atoms with Crippen LogP contribution in [-0.2, 0) is 6.42 Å². The number of ether oxygens (including phenoxy) is 2. The van der Waals surface area contributed by atoms with Crippen LogP contribution in [0.15, 0.2) is 22.6 Å². The number of nitrogens with one attached hydrogen (secondary N) is 1. The minimum absolute atomic E-state index is 0.0658. The van der Waals surface area contributed by atoms with Crippen LogP contribution in [-0.4, -0.2) is 25.2 Å². The van der Waals surface area contributed by atoms with Crippen molar-refractivity contribution in [3.05, 3.63) is 40.8 Å². The zero-order valence-electron chi connectivity index (χ0n) is 15.8. The van der Waals surface area contributed by atoms with Crippen molar-refractivity contribution in [3.63, 3.8) is 0 Å². The molecule has 0 aliphatic heterocycles. The number of rotatable bonds is 4. The Morgan fingerprint density at radius 1 is 1.31 bits per heavy atom. The molecular formula is C20H25NO5. The molecule has 1 amide bonds. The van der Waals surface area contributed by atoms with Crippen molar-refractivity contribution in [1.29, 1.82) is 0 Å². The molecule has 26 heavy (non-hydrogen) atoms. The molecule has 6 heteroatoms. The van der Waals surface area contributed by atoms with Gasteiger partial charge in [0.15, 0.2) is 5.76 Å². The molecule has 0 fully saturated rings. The summed E-state index contributed by atoms with van der Waals surface area (Å²) in [5.74, 6) is 1.68. The zero-order chi connectivity index (χ0) is 19.1. The highest BCUT2D eigenvalue weighted by Crippen LogP contribution is 2.44. The topological polar surface area (TPSA) is 80.9 Å². The molecule has 6 nitrogen and oxygen atoms in total. The van der Waals surface area contributed by atoms with Crippen LogP contribution < -0.4 is 14.8 Å². The van der Waals surface area contributed by atoms with E-state index in [-0.39, 0.29) is 17.1 Å². The number of aliphatic hydroxyl groups excluding tert-OH is 1. The van der Waals surface area contributed by atoms with Crippen molar-refractivity contribution in [2.45, 2.75) is 39.7 Å². The summed E-state index contributed by atoms with van der Waals surface area (Å²) >= 11 is 0. The standard InChI is InChI=1S/C20H25NO5/c1-11-17-14(22)9-20(2,3)10-16(17)26-18(11)19(23)21-13-7-6-12(24-4)8-15(13)25-5/h6-8,14,22H,9-10H2,1-5H3,(H,21,23)/t14-/m0/s1. The van der Waals surface area contributed by atoms with Crippen molar-refractivity contribution >= 4 is 11.6 Å². The molecule has 1 heterocycles. The van der Waals surface area contributed by atoms with E-state index in [1.54, 1.807) is 25.3 Å². The van der Waals surface area contributed by atoms with Gasteiger partial charge in [-0.3, -0.25) is 4.79 Å². The molecule has 2 aromatic rings. The van der Waals surface area contributed by atoms with Gasteiger partial charge in [0.1, 0.15) is 17.3 Å². The molecule has 0 saturated heterocycles. The largest absolute Gasteiger partial charge is 0.497 e. The molecule has 1 aromatic heterocycles. The lowest BCUT2D eigenvalue weighted by Gasteiger charge is -2.31. The third-order valence-corrected chi connectivity index (χ3v) is 4.85. The fourth-order valence-electron chi connectivity index (χ4n) is 3.58. The van der Waals surface area contributed by atoms with E-state index in [1.165, 1.54) is 7.11 Å². The maximum absolute atomic E-state index is 12.8. The van der Waals surface area contributed by atoms with Gasteiger partial charge in [-0.1, -0.05) is 13.8 Å². The van der Waals surface area contributed by atoms with Gasteiger partial charge in [0, 0.05) is 23.6 Å². The third kappa shape index (κ3) is 3.29. The minimum atomic E-state index is -0.616. The fourth-order valence-corrected chi connectivity index (χ4v) is 3.58. The summed E-state index contributed by atoms with van der Waals surface area (Å²) in [4.78, 5) is 12.8. The number of aliphatic hydroxyl groups is 1. The molecule has 1 atom stereocenters. The van der Waals surface area contributed by atoms with E-state index in [9.17, 15) is 9.90 Å². The first-order valence-electron chi connectivity index (χ1n) is 8.59. The van der Waals surface area contributed by atoms with Crippen molar-refractivity contribution in [3.8, 4) is 11.5 Å². The summed E-state index contributed by atoms with van der Waals surface area (Å²) in [6.45, 7) is 5.97. The summed E-state index contributed by atoms with van der Waals surface area (Å²) in [5, 5.41) is 13.3. The fraction of sp³-hybridized carbons (Fsp3) is 0.450. The average Bonchev–Trinajstić information content (AvgIpc) is 2.90. The van der Waals surface area contributed by atoms with Gasteiger partial charge in [-0.05, 0) is 30.9 Å². The molecule has 1 aromatic carbocycles. The number of carbonyl (C=O) groups is 1. The molecule has 140 valence electrons. The van der Waals surface area contributed by atoms with Gasteiger partial charge in [-0.15, -0.1) is 0 Å². The Kier molecular flexibility index (Phi) is 4.71. The smallest absolute Gasteiger partial charge is 0.291 e. The SMILES string of the molecule is COc1ccc(NC(=O)c2oc3c(c2C)[C@@H](O)CC(C)(C)C3)c(OC)c1. The second kappa shape index (κ2) is 6.68. The summed E-state index contributed by atoms with van der Waals surface area (Å²) in [7, 11) is 3.09. The molecule has 1 aliphatic carbocycles. The van der Waals surface area contributed by atoms with Crippen LogP contribution in [0.1, 0.15) is 53.8 Å². The van der Waals surface area contributed by atoms with E-state index in [4.69, 9.17) is 13.9 Å². The van der Waals surface area contributed by atoms with E-state index in [1.807, 2.05) is 6.92 Å². The van der Waals surface area contributed by atoms with E-state index < -0.39 is 6.10 Å². The van der Waals surface area contributed by atoms with Crippen LogP contribution in [0.25, 0.3) is 0 Å². The number of hydrogen-bond acceptors (Lipinski definition) is 5. The number of anilines is 1. The predicted molar refractivity (Wildman–Crippen MR) is 98.0 cm³/mol. The Bertz CT molecular complexity index is 837. The highest BCUT2D eigenvalue weighted by molar-refractivity contribution is 6.04. The number of amides is 1. The van der Waals surface area contributed by atoms with Gasteiger partial charge in [0.05, 0.1) is 26.0 Å². The van der Waals surface area contributed by atoms with Crippen LogP contribution in [0.2, 0.25) is 0 Å². The Labute approximate surface area is 153 Å². The predicted octanol–water partition coefficient (Wildman–Crippen LogP) is 3.86. The van der Waals surface area contributed by atoms with Gasteiger partial charge in [0.2, 0.25) is 0 Å². The number of hydrogen-bond donors (Lipinski definition) is 2. The van der Waals surface area contributed by atoms with Crippen LogP contribution in [0.5, 0.6) is 11.5 Å². The zero-order valence-corrected chi connectivity index (χ0v) is 15.8. The number of methoxy groups -OCH3 is 2. The second-order valence-corrected chi connectivity index (χ2v) is 7.47. The Morgan fingerprint density at radius 3 is 2.69 bits per heavy atom. The number of benzene rings is 1. The Morgan fingerprint density at radius 2 is 2.04 bits per heavy atom. The molecule has 2 N–H and O–H groups in total. The molecule has 1 aliphatic rings. The molecule has 0 unspecified atom stereocenters. The maximum atomic E-state index is 12.8. The van der Waals surface area contributed by atoms with Crippen molar-refractivity contribution in [1.82, 2.24) is 0 Å². The average molecular weight is 359 g/mol. The normalized spacial score (nSPS) is 18.2. The summed E-state index contributed by atoms with van der Waals surface area (Å²) in [6.07, 6.45) is 0.724. The highest BCUT2D eigenvalue weighted by atomic mass is 16.5. The molecule has 0 spiro atoms. The van der Waals surface area contributed by atoms with E-state index >= 15 is 0 Å². The lowest BCUT2D eigenvalue weighted by molar-refractivity contribution is 0.0910. The van der Waals surface area contributed by atoms with Crippen molar-refractivity contribution < 1.29 is 23.8 Å². The van der Waals surface area contributed by atoms with Gasteiger partial charge in [0.25, 0.3) is 5.91 Å². The van der Waals surface area contributed by atoms with Crippen LogP contribution in [0.3, 0.4) is 0 Å². The number of furan rings is 1. The molecule has 0 radical (unpaired) electrons. The van der Waals surface area contributed by atoms with Gasteiger partial charge < -0.3 is 24.3 Å². The Hall–Kier alpha value is -2.47. The maximum Gasteiger partial charge on any atom is 0.291 e. The van der Waals surface area contributed by atoms with E-state index in [0.29, 0.717) is 41.4 Å². The first-order chi connectivity index (χ1) is 12.3. The molecule has 3 rings (SSSR count). The first-order valence-corrected chi connectivity index (χ1v) is 8.59. The summed E-state index contributed by atoms with van der Waals surface area (Å²) < 4.78 is 16.3. The first kappa shape index (κ1) is 18.3. The second-order valence-electron chi connectivity index (χ2n) is 7.47. The van der Waals surface area contributed by atoms with Gasteiger partial charge in [-0.25, -0.2) is 0 Å². The summed E-state index contributed by atoms with van der Waals surface area (Å²) in [5.41, 5.74) is 1.89. The van der Waals surface area contributed by atoms with Crippen molar-refractivity contribution in [2.24, 2.45) is 5.41 Å². The molecule has 0 bridgehead atoms. The molecular weight excluding hydrogens is 334 g/mol. The van der Waals surface area contributed by atoms with Gasteiger partial charge in [-0.2, -0.15) is 0 Å². The van der Waals surface area contributed by atoms with E-state index in [2.05, 4.69) is 19.2 Å². The monoisotopic (exact) mass is 359 g/mol. The number of fused-ring (bicyclic) bond motifs is 1. The van der Waals surface area contributed by atoms with Crippen LogP contribution >= 0.6 is 0 Å². The van der Waals surface area contributed by atoms with Crippen molar-refractivity contribution in [2.75, 3.05) is 19.5 Å². The quantitative estimate of drug-likeness (QED) is 0.866. The lowest BCUT2D eigenvalue weighted by atomic mass is 9.75. The lowest BCUT2D eigenvalue weighted by Crippen LogP contribution is -2.24. The van der Waals surface area contributed by atoms with Gasteiger partial charge >= 0.3 is 0 Å². The highest BCUT2D eigenvalue weighted by Gasteiger charge is 2.37. The van der Waals surface area contributed by atoms with E-state index in [0.717, 1.165) is 5.56 Å². The number of carbonyl (C=O) groups excluding carboxylic acids is 1. The van der Waals surface area contributed by atoms with Crippen LogP contribution in [0, 0.1) is 12.3 Å². The summed E-state index contributed by atoms with van der Waals surface area (Å²) in [6, 6.07) is 5.15.